The Hall–Kier alpha value is -2.03. The van der Waals surface area contributed by atoms with Crippen LogP contribution in [0.5, 0.6) is 11.5 Å². The molecule has 178 valence electrons. The van der Waals surface area contributed by atoms with Gasteiger partial charge in [0.05, 0.1) is 6.54 Å². The van der Waals surface area contributed by atoms with E-state index < -0.39 is 0 Å². The third-order valence-electron chi connectivity index (χ3n) is 6.83. The molecule has 8 nitrogen and oxygen atoms in total. The Bertz CT molecular complexity index is 757. The Morgan fingerprint density at radius 3 is 2.41 bits per heavy atom. The average Bonchev–Trinajstić information content (AvgIpc) is 3.30. The monoisotopic (exact) mass is 444 g/mol. The molecule has 0 radical (unpaired) electrons. The zero-order valence-corrected chi connectivity index (χ0v) is 20.1. The highest BCUT2D eigenvalue weighted by Crippen LogP contribution is 2.32. The van der Waals surface area contributed by atoms with Crippen molar-refractivity contribution in [2.24, 2.45) is 4.99 Å². The van der Waals surface area contributed by atoms with Crippen LogP contribution in [0, 0.1) is 0 Å². The van der Waals surface area contributed by atoms with Gasteiger partial charge in [0.1, 0.15) is 0 Å². The lowest BCUT2D eigenvalue weighted by atomic mass is 10.1. The number of guanidine groups is 1. The molecule has 3 aliphatic heterocycles. The molecule has 2 fully saturated rings. The molecule has 1 aromatic carbocycles. The molecule has 0 bridgehead atoms. The maximum absolute atomic E-state index is 5.53. The minimum absolute atomic E-state index is 0.331. The molecule has 0 saturated carbocycles. The first-order chi connectivity index (χ1) is 15.7. The fourth-order valence-electron chi connectivity index (χ4n) is 4.70. The predicted octanol–water partition coefficient (Wildman–Crippen LogP) is 1.52. The van der Waals surface area contributed by atoms with Gasteiger partial charge in [0.25, 0.3) is 0 Å². The van der Waals surface area contributed by atoms with Gasteiger partial charge in [-0.25, -0.2) is 0 Å². The second-order valence-electron chi connectivity index (χ2n) is 8.96. The van der Waals surface area contributed by atoms with E-state index in [4.69, 9.17) is 14.5 Å². The van der Waals surface area contributed by atoms with Crippen molar-refractivity contribution in [3.05, 3.63) is 23.8 Å². The second kappa shape index (κ2) is 11.2. The fourth-order valence-corrected chi connectivity index (χ4v) is 4.70. The molecule has 3 heterocycles. The van der Waals surface area contributed by atoms with Crippen LogP contribution in [-0.2, 0) is 6.54 Å². The van der Waals surface area contributed by atoms with Gasteiger partial charge < -0.3 is 24.6 Å². The standard InChI is InChI=1S/C24H40N6O2/c1-4-25-24(26-17-20(3)29-12-8-27(5-2)9-13-29)30-14-10-28(11-15-30)18-21-6-7-22-23(16-21)32-19-31-22/h6-7,16,20H,4-5,8-15,17-19H2,1-3H3,(H,25,26). The number of fused-ring (bicyclic) bond motifs is 1. The lowest BCUT2D eigenvalue weighted by Crippen LogP contribution is -2.53. The summed E-state index contributed by atoms with van der Waals surface area (Å²) in [7, 11) is 0. The molecule has 0 aliphatic carbocycles. The van der Waals surface area contributed by atoms with E-state index in [9.17, 15) is 0 Å². The van der Waals surface area contributed by atoms with Crippen molar-refractivity contribution in [1.29, 1.82) is 0 Å². The van der Waals surface area contributed by atoms with E-state index in [-0.39, 0.29) is 0 Å². The van der Waals surface area contributed by atoms with E-state index in [2.05, 4.69) is 57.8 Å². The van der Waals surface area contributed by atoms with Gasteiger partial charge in [-0.15, -0.1) is 0 Å². The third kappa shape index (κ3) is 5.85. The molecule has 0 aromatic heterocycles. The Kier molecular flexibility index (Phi) is 8.10. The van der Waals surface area contributed by atoms with Crippen molar-refractivity contribution in [3.8, 4) is 11.5 Å². The number of likely N-dealkylation sites (N-methyl/N-ethyl adjacent to an activating group) is 1. The second-order valence-corrected chi connectivity index (χ2v) is 8.96. The maximum Gasteiger partial charge on any atom is 0.231 e. The van der Waals surface area contributed by atoms with E-state index in [1.54, 1.807) is 0 Å². The fraction of sp³-hybridized carbons (Fsp3) is 0.708. The normalized spacial score (nSPS) is 21.7. The molecule has 1 unspecified atom stereocenters. The van der Waals surface area contributed by atoms with Crippen LogP contribution in [0.2, 0.25) is 0 Å². The highest BCUT2D eigenvalue weighted by atomic mass is 16.7. The van der Waals surface area contributed by atoms with Gasteiger partial charge in [-0.3, -0.25) is 14.8 Å². The quantitative estimate of drug-likeness (QED) is 0.506. The van der Waals surface area contributed by atoms with Gasteiger partial charge in [-0.05, 0) is 38.1 Å². The number of hydrogen-bond acceptors (Lipinski definition) is 6. The molecule has 1 atom stereocenters. The van der Waals surface area contributed by atoms with E-state index in [0.29, 0.717) is 12.8 Å². The molecule has 0 amide bonds. The summed E-state index contributed by atoms with van der Waals surface area (Å²) in [5.74, 6) is 2.79. The van der Waals surface area contributed by atoms with Crippen LogP contribution in [0.15, 0.2) is 23.2 Å². The number of rotatable bonds is 7. The summed E-state index contributed by atoms with van der Waals surface area (Å²) in [5, 5.41) is 3.52. The number of ether oxygens (including phenoxy) is 2. The molecule has 1 N–H and O–H groups in total. The van der Waals surface area contributed by atoms with E-state index >= 15 is 0 Å². The Balaban J connectivity index is 1.26. The van der Waals surface area contributed by atoms with Crippen LogP contribution in [0.4, 0.5) is 0 Å². The molecule has 1 aromatic rings. The summed E-state index contributed by atoms with van der Waals surface area (Å²) in [6.07, 6.45) is 0. The van der Waals surface area contributed by atoms with Gasteiger partial charge in [0.15, 0.2) is 17.5 Å². The van der Waals surface area contributed by atoms with Crippen molar-refractivity contribution in [1.82, 2.24) is 24.9 Å². The summed E-state index contributed by atoms with van der Waals surface area (Å²) in [5.41, 5.74) is 1.28. The molecule has 32 heavy (non-hydrogen) atoms. The molecule has 8 heteroatoms. The Labute approximate surface area is 193 Å². The number of nitrogens with one attached hydrogen (secondary N) is 1. The maximum atomic E-state index is 5.53. The van der Waals surface area contributed by atoms with Crippen molar-refractivity contribution in [2.75, 3.05) is 78.8 Å². The van der Waals surface area contributed by atoms with Crippen molar-refractivity contribution >= 4 is 5.96 Å². The van der Waals surface area contributed by atoms with Crippen LogP contribution < -0.4 is 14.8 Å². The number of aliphatic imine (C=N–C) groups is 1. The highest BCUT2D eigenvalue weighted by molar-refractivity contribution is 5.80. The number of piperazine rings is 2. The van der Waals surface area contributed by atoms with Gasteiger partial charge in [0, 0.05) is 71.5 Å². The number of benzene rings is 1. The van der Waals surface area contributed by atoms with Gasteiger partial charge >= 0.3 is 0 Å². The third-order valence-corrected chi connectivity index (χ3v) is 6.83. The summed E-state index contributed by atoms with van der Waals surface area (Å²) >= 11 is 0. The summed E-state index contributed by atoms with van der Waals surface area (Å²) in [6.45, 7) is 19.6. The van der Waals surface area contributed by atoms with E-state index in [1.807, 2.05) is 6.07 Å². The van der Waals surface area contributed by atoms with Crippen LogP contribution in [0.3, 0.4) is 0 Å². The first kappa shape index (κ1) is 23.1. The van der Waals surface area contributed by atoms with Crippen LogP contribution in [-0.4, -0.2) is 110 Å². The highest BCUT2D eigenvalue weighted by Gasteiger charge is 2.23. The summed E-state index contributed by atoms with van der Waals surface area (Å²) in [6, 6.07) is 6.76. The predicted molar refractivity (Wildman–Crippen MR) is 129 cm³/mol. The Morgan fingerprint density at radius 1 is 0.969 bits per heavy atom. The number of hydrogen-bond donors (Lipinski definition) is 1. The van der Waals surface area contributed by atoms with Gasteiger partial charge in [-0.1, -0.05) is 13.0 Å². The Morgan fingerprint density at radius 2 is 1.69 bits per heavy atom. The van der Waals surface area contributed by atoms with Crippen LogP contribution >= 0.6 is 0 Å². The summed E-state index contributed by atoms with van der Waals surface area (Å²) < 4.78 is 11.0. The lowest BCUT2D eigenvalue weighted by molar-refractivity contribution is 0.108. The van der Waals surface area contributed by atoms with Crippen LogP contribution in [0.1, 0.15) is 26.3 Å². The van der Waals surface area contributed by atoms with Crippen molar-refractivity contribution in [3.63, 3.8) is 0 Å². The average molecular weight is 445 g/mol. The zero-order chi connectivity index (χ0) is 22.3. The molecular weight excluding hydrogens is 404 g/mol. The number of nitrogens with zero attached hydrogens (tertiary/aromatic N) is 5. The minimum atomic E-state index is 0.331. The van der Waals surface area contributed by atoms with Gasteiger partial charge in [-0.2, -0.15) is 0 Å². The molecule has 4 rings (SSSR count). The van der Waals surface area contributed by atoms with E-state index in [1.165, 1.54) is 18.7 Å². The molecular formula is C24H40N6O2. The largest absolute Gasteiger partial charge is 0.454 e. The summed E-state index contributed by atoms with van der Waals surface area (Å²) in [4.78, 5) is 15.1. The lowest BCUT2D eigenvalue weighted by Gasteiger charge is -2.38. The first-order valence-corrected chi connectivity index (χ1v) is 12.3. The topological polar surface area (TPSA) is 55.8 Å². The molecule has 2 saturated heterocycles. The minimum Gasteiger partial charge on any atom is -0.454 e. The van der Waals surface area contributed by atoms with Crippen molar-refractivity contribution < 1.29 is 9.47 Å². The zero-order valence-electron chi connectivity index (χ0n) is 20.1. The molecule has 0 spiro atoms. The SMILES string of the molecule is CCNC(=NCC(C)N1CCN(CC)CC1)N1CCN(Cc2ccc3c(c2)OCO3)CC1. The molecule has 3 aliphatic rings. The smallest absolute Gasteiger partial charge is 0.231 e. The van der Waals surface area contributed by atoms with Crippen LogP contribution in [0.25, 0.3) is 0 Å². The van der Waals surface area contributed by atoms with Gasteiger partial charge in [0.2, 0.25) is 6.79 Å². The van der Waals surface area contributed by atoms with E-state index in [0.717, 1.165) is 82.9 Å². The first-order valence-electron chi connectivity index (χ1n) is 12.3. The van der Waals surface area contributed by atoms with Crippen molar-refractivity contribution in [2.45, 2.75) is 33.4 Å².